The summed E-state index contributed by atoms with van der Waals surface area (Å²) in [6.07, 6.45) is 0. The molecule has 0 bridgehead atoms. The van der Waals surface area contributed by atoms with Gasteiger partial charge in [0.15, 0.2) is 0 Å². The quantitative estimate of drug-likeness (QED) is 0.883. The topological polar surface area (TPSA) is 47.1 Å². The van der Waals surface area contributed by atoms with Crippen LogP contribution in [-0.4, -0.2) is 34.1 Å². The second-order valence-corrected chi connectivity index (χ2v) is 4.94. The summed E-state index contributed by atoms with van der Waals surface area (Å²) in [7, 11) is 0. The van der Waals surface area contributed by atoms with Crippen molar-refractivity contribution in [3.05, 3.63) is 29.8 Å². The van der Waals surface area contributed by atoms with Crippen LogP contribution >= 0.6 is 0 Å². The zero-order valence-electron chi connectivity index (χ0n) is 12.4. The molecule has 0 aliphatic carbocycles. The van der Waals surface area contributed by atoms with Gasteiger partial charge in [0.05, 0.1) is 17.1 Å². The molecule has 2 aromatic rings. The van der Waals surface area contributed by atoms with E-state index in [9.17, 15) is 4.39 Å². The predicted molar refractivity (Wildman–Crippen MR) is 80.1 cm³/mol. The highest BCUT2D eigenvalue weighted by Gasteiger charge is 2.20. The van der Waals surface area contributed by atoms with Gasteiger partial charge in [0.25, 0.3) is 0 Å². The molecule has 1 aromatic heterocycles. The van der Waals surface area contributed by atoms with E-state index in [2.05, 4.69) is 35.2 Å². The SMILES string of the molecule is CCN(CC)C(C)c1nc2cc(F)ccc2n1CCN. The molecule has 5 heteroatoms. The molecule has 0 fully saturated rings. The van der Waals surface area contributed by atoms with E-state index >= 15 is 0 Å². The lowest BCUT2D eigenvalue weighted by Crippen LogP contribution is -2.29. The van der Waals surface area contributed by atoms with Crippen molar-refractivity contribution >= 4 is 11.0 Å². The van der Waals surface area contributed by atoms with Gasteiger partial charge in [-0.25, -0.2) is 9.37 Å². The lowest BCUT2D eigenvalue weighted by Gasteiger charge is -2.26. The van der Waals surface area contributed by atoms with Crippen molar-refractivity contribution in [2.45, 2.75) is 33.4 Å². The van der Waals surface area contributed by atoms with Crippen LogP contribution in [0.25, 0.3) is 11.0 Å². The number of imidazole rings is 1. The zero-order chi connectivity index (χ0) is 14.7. The zero-order valence-corrected chi connectivity index (χ0v) is 12.4. The van der Waals surface area contributed by atoms with Crippen LogP contribution in [0.2, 0.25) is 0 Å². The Hall–Kier alpha value is -1.46. The van der Waals surface area contributed by atoms with Crippen molar-refractivity contribution in [2.75, 3.05) is 19.6 Å². The Morgan fingerprint density at radius 3 is 2.65 bits per heavy atom. The first kappa shape index (κ1) is 14.9. The fourth-order valence-corrected chi connectivity index (χ4v) is 2.74. The molecule has 20 heavy (non-hydrogen) atoms. The summed E-state index contributed by atoms with van der Waals surface area (Å²) in [5.41, 5.74) is 7.37. The van der Waals surface area contributed by atoms with Crippen LogP contribution in [0, 0.1) is 5.82 Å². The number of benzene rings is 1. The van der Waals surface area contributed by atoms with E-state index in [0.29, 0.717) is 18.6 Å². The van der Waals surface area contributed by atoms with Crippen LogP contribution in [0.3, 0.4) is 0 Å². The molecule has 110 valence electrons. The maximum atomic E-state index is 13.4. The van der Waals surface area contributed by atoms with E-state index in [0.717, 1.165) is 24.4 Å². The molecule has 0 radical (unpaired) electrons. The Bertz CT molecular complexity index is 575. The predicted octanol–water partition coefficient (Wildman–Crippen LogP) is 2.54. The number of fused-ring (bicyclic) bond motifs is 1. The lowest BCUT2D eigenvalue weighted by atomic mass is 10.2. The number of nitrogens with two attached hydrogens (primary N) is 1. The van der Waals surface area contributed by atoms with Crippen molar-refractivity contribution in [3.63, 3.8) is 0 Å². The summed E-state index contributed by atoms with van der Waals surface area (Å²) >= 11 is 0. The maximum absolute atomic E-state index is 13.4. The molecule has 1 atom stereocenters. The summed E-state index contributed by atoms with van der Waals surface area (Å²) in [6.45, 7) is 9.56. The van der Waals surface area contributed by atoms with Gasteiger partial charge in [-0.15, -0.1) is 0 Å². The molecular formula is C15H23FN4. The van der Waals surface area contributed by atoms with E-state index in [1.54, 1.807) is 6.07 Å². The van der Waals surface area contributed by atoms with Crippen LogP contribution in [-0.2, 0) is 6.54 Å². The smallest absolute Gasteiger partial charge is 0.127 e. The van der Waals surface area contributed by atoms with Gasteiger partial charge >= 0.3 is 0 Å². The Balaban J connectivity index is 2.53. The highest BCUT2D eigenvalue weighted by atomic mass is 19.1. The Morgan fingerprint density at radius 2 is 2.05 bits per heavy atom. The molecule has 4 nitrogen and oxygen atoms in total. The monoisotopic (exact) mass is 278 g/mol. The van der Waals surface area contributed by atoms with Crippen LogP contribution in [0.5, 0.6) is 0 Å². The van der Waals surface area contributed by atoms with Gasteiger partial charge in [0.2, 0.25) is 0 Å². The summed E-state index contributed by atoms with van der Waals surface area (Å²) < 4.78 is 15.5. The largest absolute Gasteiger partial charge is 0.329 e. The fraction of sp³-hybridized carbons (Fsp3) is 0.533. The normalized spacial score (nSPS) is 13.3. The molecule has 0 spiro atoms. The number of hydrogen-bond donors (Lipinski definition) is 1. The number of aromatic nitrogens is 2. The van der Waals surface area contributed by atoms with E-state index in [1.807, 2.05) is 0 Å². The fourth-order valence-electron chi connectivity index (χ4n) is 2.74. The molecule has 2 rings (SSSR count). The molecule has 0 saturated heterocycles. The van der Waals surface area contributed by atoms with Crippen molar-refractivity contribution in [1.82, 2.24) is 14.5 Å². The summed E-state index contributed by atoms with van der Waals surface area (Å²) in [4.78, 5) is 6.96. The van der Waals surface area contributed by atoms with E-state index in [-0.39, 0.29) is 11.9 Å². The third kappa shape index (κ3) is 2.69. The number of halogens is 1. The first-order valence-electron chi connectivity index (χ1n) is 7.22. The van der Waals surface area contributed by atoms with E-state index in [1.165, 1.54) is 12.1 Å². The van der Waals surface area contributed by atoms with Crippen LogP contribution < -0.4 is 5.73 Å². The first-order valence-corrected chi connectivity index (χ1v) is 7.22. The van der Waals surface area contributed by atoms with Gasteiger partial charge in [-0.1, -0.05) is 13.8 Å². The van der Waals surface area contributed by atoms with Crippen LogP contribution in [0.4, 0.5) is 4.39 Å². The van der Waals surface area contributed by atoms with Gasteiger partial charge in [-0.05, 0) is 32.1 Å². The van der Waals surface area contributed by atoms with Crippen molar-refractivity contribution in [3.8, 4) is 0 Å². The minimum absolute atomic E-state index is 0.187. The lowest BCUT2D eigenvalue weighted by molar-refractivity contribution is 0.222. The first-order chi connectivity index (χ1) is 9.62. The summed E-state index contributed by atoms with van der Waals surface area (Å²) in [5, 5.41) is 0. The standard InChI is InChI=1S/C15H23FN4/c1-4-19(5-2)11(3)15-18-13-10-12(16)6-7-14(13)20(15)9-8-17/h6-7,10-11H,4-5,8-9,17H2,1-3H3. The van der Waals surface area contributed by atoms with Gasteiger partial charge in [0.1, 0.15) is 11.6 Å². The van der Waals surface area contributed by atoms with Gasteiger partial charge in [-0.3, -0.25) is 4.90 Å². The molecule has 0 saturated carbocycles. The highest BCUT2D eigenvalue weighted by Crippen LogP contribution is 2.25. The molecule has 0 aliphatic rings. The highest BCUT2D eigenvalue weighted by molar-refractivity contribution is 5.76. The Morgan fingerprint density at radius 1 is 1.35 bits per heavy atom. The molecule has 0 amide bonds. The Kier molecular flexibility index (Phi) is 4.73. The minimum atomic E-state index is -0.253. The average Bonchev–Trinajstić information content (AvgIpc) is 2.78. The van der Waals surface area contributed by atoms with Gasteiger partial charge < -0.3 is 10.3 Å². The van der Waals surface area contributed by atoms with Crippen molar-refractivity contribution in [1.29, 1.82) is 0 Å². The molecule has 2 N–H and O–H groups in total. The minimum Gasteiger partial charge on any atom is -0.329 e. The third-order valence-electron chi connectivity index (χ3n) is 3.83. The molecular weight excluding hydrogens is 255 g/mol. The Labute approximate surface area is 119 Å². The third-order valence-corrected chi connectivity index (χ3v) is 3.83. The second kappa shape index (κ2) is 6.33. The van der Waals surface area contributed by atoms with Crippen LogP contribution in [0.15, 0.2) is 18.2 Å². The van der Waals surface area contributed by atoms with Crippen molar-refractivity contribution in [2.24, 2.45) is 5.73 Å². The summed E-state index contributed by atoms with van der Waals surface area (Å²) in [5.74, 6) is 0.705. The van der Waals surface area contributed by atoms with Gasteiger partial charge in [0, 0.05) is 19.2 Å². The second-order valence-electron chi connectivity index (χ2n) is 4.94. The molecule has 1 heterocycles. The molecule has 1 aromatic carbocycles. The van der Waals surface area contributed by atoms with E-state index in [4.69, 9.17) is 5.73 Å². The van der Waals surface area contributed by atoms with Crippen LogP contribution in [0.1, 0.15) is 32.6 Å². The molecule has 1 unspecified atom stereocenters. The summed E-state index contributed by atoms with van der Waals surface area (Å²) in [6, 6.07) is 4.93. The average molecular weight is 278 g/mol. The molecule has 0 aliphatic heterocycles. The van der Waals surface area contributed by atoms with Crippen molar-refractivity contribution < 1.29 is 4.39 Å². The number of rotatable bonds is 6. The van der Waals surface area contributed by atoms with E-state index < -0.39 is 0 Å². The van der Waals surface area contributed by atoms with Gasteiger partial charge in [-0.2, -0.15) is 0 Å². The number of hydrogen-bond acceptors (Lipinski definition) is 3. The number of nitrogens with zero attached hydrogens (tertiary/aromatic N) is 3. The maximum Gasteiger partial charge on any atom is 0.127 e.